The molecule has 17 heavy (non-hydrogen) atoms. The van der Waals surface area contributed by atoms with E-state index in [2.05, 4.69) is 24.4 Å². The van der Waals surface area contributed by atoms with Crippen molar-refractivity contribution in [3.63, 3.8) is 0 Å². The minimum Gasteiger partial charge on any atom is -0.465 e. The largest absolute Gasteiger partial charge is 0.465 e. The van der Waals surface area contributed by atoms with Crippen molar-refractivity contribution in [2.45, 2.75) is 25.3 Å². The highest BCUT2D eigenvalue weighted by molar-refractivity contribution is 8.00. The van der Waals surface area contributed by atoms with Crippen molar-refractivity contribution in [1.82, 2.24) is 5.32 Å². The minimum absolute atomic E-state index is 0.158. The van der Waals surface area contributed by atoms with Gasteiger partial charge in [0.25, 0.3) is 0 Å². The highest BCUT2D eigenvalue weighted by atomic mass is 32.2. The third-order valence-electron chi connectivity index (χ3n) is 2.34. The van der Waals surface area contributed by atoms with Crippen molar-refractivity contribution in [1.29, 1.82) is 0 Å². The van der Waals surface area contributed by atoms with Crippen LogP contribution in [0.15, 0.2) is 23.1 Å². The first-order valence-electron chi connectivity index (χ1n) is 5.70. The van der Waals surface area contributed by atoms with Gasteiger partial charge in [-0.2, -0.15) is 0 Å². The summed E-state index contributed by atoms with van der Waals surface area (Å²) in [5, 5.41) is 3.13. The fourth-order valence-corrected chi connectivity index (χ4v) is 2.28. The Morgan fingerprint density at radius 1 is 1.47 bits per heavy atom. The summed E-state index contributed by atoms with van der Waals surface area (Å²) in [6, 6.07) is 6.25. The van der Waals surface area contributed by atoms with Crippen molar-refractivity contribution in [3.05, 3.63) is 29.3 Å². The monoisotopic (exact) mass is 253 g/mol. The third kappa shape index (κ3) is 4.79. The van der Waals surface area contributed by atoms with Gasteiger partial charge >= 0.3 is 5.97 Å². The van der Waals surface area contributed by atoms with E-state index in [1.54, 1.807) is 0 Å². The van der Waals surface area contributed by atoms with Gasteiger partial charge in [-0.1, -0.05) is 6.07 Å². The van der Waals surface area contributed by atoms with E-state index in [1.807, 2.05) is 20.0 Å². The molecule has 0 amide bonds. The lowest BCUT2D eigenvalue weighted by molar-refractivity contribution is -0.139. The van der Waals surface area contributed by atoms with Gasteiger partial charge in [0.15, 0.2) is 0 Å². The summed E-state index contributed by atoms with van der Waals surface area (Å²) in [4.78, 5) is 12.3. The standard InChI is InChI=1S/C13H19NO2S/c1-4-16-13(15)9-17-12-6-5-11(8-14-3)10(2)7-12/h5-7,14H,4,8-9H2,1-3H3. The van der Waals surface area contributed by atoms with Crippen molar-refractivity contribution in [3.8, 4) is 0 Å². The van der Waals surface area contributed by atoms with E-state index in [0.29, 0.717) is 12.4 Å². The normalized spacial score (nSPS) is 10.3. The lowest BCUT2D eigenvalue weighted by Gasteiger charge is -2.07. The second-order valence-electron chi connectivity index (χ2n) is 3.71. The van der Waals surface area contributed by atoms with E-state index in [0.717, 1.165) is 11.4 Å². The quantitative estimate of drug-likeness (QED) is 0.624. The molecule has 0 radical (unpaired) electrons. The molecule has 1 aromatic carbocycles. The van der Waals surface area contributed by atoms with E-state index < -0.39 is 0 Å². The van der Waals surface area contributed by atoms with Gasteiger partial charge in [-0.05, 0) is 44.2 Å². The number of esters is 1. The zero-order valence-corrected chi connectivity index (χ0v) is 11.4. The van der Waals surface area contributed by atoms with Crippen molar-refractivity contribution in [2.24, 2.45) is 0 Å². The Bertz CT molecular complexity index is 380. The van der Waals surface area contributed by atoms with E-state index in [-0.39, 0.29) is 5.97 Å². The molecule has 0 unspecified atom stereocenters. The molecule has 4 heteroatoms. The van der Waals surface area contributed by atoms with Gasteiger partial charge in [0.2, 0.25) is 0 Å². The maximum Gasteiger partial charge on any atom is 0.316 e. The molecule has 0 aliphatic heterocycles. The van der Waals surface area contributed by atoms with E-state index in [1.165, 1.54) is 22.9 Å². The molecule has 0 saturated heterocycles. The number of hydrogen-bond donors (Lipinski definition) is 1. The van der Waals surface area contributed by atoms with Crippen LogP contribution in [0.25, 0.3) is 0 Å². The Kier molecular flexibility index (Phi) is 6.08. The van der Waals surface area contributed by atoms with Gasteiger partial charge in [0.1, 0.15) is 0 Å². The molecule has 1 N–H and O–H groups in total. The van der Waals surface area contributed by atoms with Gasteiger partial charge in [0.05, 0.1) is 12.4 Å². The first kappa shape index (κ1) is 14.1. The molecular weight excluding hydrogens is 234 g/mol. The first-order valence-corrected chi connectivity index (χ1v) is 6.68. The van der Waals surface area contributed by atoms with Gasteiger partial charge in [0, 0.05) is 11.4 Å². The smallest absolute Gasteiger partial charge is 0.316 e. The van der Waals surface area contributed by atoms with Crippen LogP contribution in [0, 0.1) is 6.92 Å². The fourth-order valence-electron chi connectivity index (χ4n) is 1.49. The topological polar surface area (TPSA) is 38.3 Å². The zero-order chi connectivity index (χ0) is 12.7. The Balaban J connectivity index is 2.55. The van der Waals surface area contributed by atoms with Crippen LogP contribution >= 0.6 is 11.8 Å². The second-order valence-corrected chi connectivity index (χ2v) is 4.76. The number of nitrogens with one attached hydrogen (secondary N) is 1. The summed E-state index contributed by atoms with van der Waals surface area (Å²) in [6.45, 7) is 5.22. The number of benzene rings is 1. The van der Waals surface area contributed by atoms with Crippen molar-refractivity contribution in [2.75, 3.05) is 19.4 Å². The molecule has 0 fully saturated rings. The average Bonchev–Trinajstić information content (AvgIpc) is 2.30. The Hall–Kier alpha value is -1.00. The Morgan fingerprint density at radius 3 is 2.82 bits per heavy atom. The van der Waals surface area contributed by atoms with E-state index >= 15 is 0 Å². The predicted octanol–water partition coefficient (Wildman–Crippen LogP) is 2.37. The molecule has 1 aromatic rings. The third-order valence-corrected chi connectivity index (χ3v) is 3.31. The van der Waals surface area contributed by atoms with Crippen LogP contribution < -0.4 is 5.32 Å². The summed E-state index contributed by atoms with van der Waals surface area (Å²) < 4.78 is 4.89. The summed E-state index contributed by atoms with van der Waals surface area (Å²) >= 11 is 1.51. The number of ether oxygens (including phenoxy) is 1. The SMILES string of the molecule is CCOC(=O)CSc1ccc(CNC)c(C)c1. The van der Waals surface area contributed by atoms with Crippen molar-refractivity contribution < 1.29 is 9.53 Å². The van der Waals surface area contributed by atoms with Crippen LogP contribution in [0.5, 0.6) is 0 Å². The maximum atomic E-state index is 11.2. The van der Waals surface area contributed by atoms with Crippen LogP contribution in [0.1, 0.15) is 18.1 Å². The molecule has 3 nitrogen and oxygen atoms in total. The maximum absolute atomic E-state index is 11.2. The van der Waals surface area contributed by atoms with Gasteiger partial charge < -0.3 is 10.1 Å². The van der Waals surface area contributed by atoms with Crippen molar-refractivity contribution >= 4 is 17.7 Å². The molecule has 0 heterocycles. The second kappa shape index (κ2) is 7.35. The van der Waals surface area contributed by atoms with Gasteiger partial charge in [-0.3, -0.25) is 4.79 Å². The number of rotatable bonds is 6. The van der Waals surface area contributed by atoms with Gasteiger partial charge in [-0.25, -0.2) is 0 Å². The zero-order valence-electron chi connectivity index (χ0n) is 10.6. The number of hydrogen-bond acceptors (Lipinski definition) is 4. The molecular formula is C13H19NO2S. The Labute approximate surface area is 107 Å². The molecule has 0 spiro atoms. The van der Waals surface area contributed by atoms with Gasteiger partial charge in [-0.15, -0.1) is 11.8 Å². The predicted molar refractivity (Wildman–Crippen MR) is 71.3 cm³/mol. The highest BCUT2D eigenvalue weighted by Crippen LogP contribution is 2.21. The molecule has 0 aromatic heterocycles. The van der Waals surface area contributed by atoms with E-state index in [4.69, 9.17) is 4.74 Å². The van der Waals surface area contributed by atoms with Crippen LogP contribution in [-0.2, 0) is 16.1 Å². The number of aryl methyl sites for hydroxylation is 1. The molecule has 94 valence electrons. The average molecular weight is 253 g/mol. The van der Waals surface area contributed by atoms with E-state index in [9.17, 15) is 4.79 Å². The first-order chi connectivity index (χ1) is 8.17. The fraction of sp³-hybridized carbons (Fsp3) is 0.462. The van der Waals surface area contributed by atoms with Crippen LogP contribution in [-0.4, -0.2) is 25.4 Å². The van der Waals surface area contributed by atoms with Crippen LogP contribution in [0.3, 0.4) is 0 Å². The summed E-state index contributed by atoms with van der Waals surface area (Å²) in [6.07, 6.45) is 0. The Morgan fingerprint density at radius 2 is 2.24 bits per heavy atom. The molecule has 0 atom stereocenters. The molecule has 0 aliphatic rings. The number of thioether (sulfide) groups is 1. The summed E-state index contributed by atoms with van der Waals surface area (Å²) in [7, 11) is 1.93. The number of carbonyl (C=O) groups is 1. The molecule has 0 saturated carbocycles. The summed E-state index contributed by atoms with van der Waals surface area (Å²) in [5.41, 5.74) is 2.53. The summed E-state index contributed by atoms with van der Waals surface area (Å²) in [5.74, 6) is 0.216. The van der Waals surface area contributed by atoms with Crippen LogP contribution in [0.2, 0.25) is 0 Å². The lowest BCUT2D eigenvalue weighted by atomic mass is 10.1. The lowest BCUT2D eigenvalue weighted by Crippen LogP contribution is -2.07. The highest BCUT2D eigenvalue weighted by Gasteiger charge is 2.04. The minimum atomic E-state index is -0.158. The molecule has 1 rings (SSSR count). The van der Waals surface area contributed by atoms with Crippen LogP contribution in [0.4, 0.5) is 0 Å². The number of carbonyl (C=O) groups excluding carboxylic acids is 1. The molecule has 0 aliphatic carbocycles. The molecule has 0 bridgehead atoms.